The quantitative estimate of drug-likeness (QED) is 0.659. The summed E-state index contributed by atoms with van der Waals surface area (Å²) in [4.78, 5) is 20.6. The maximum absolute atomic E-state index is 13.9. The topological polar surface area (TPSA) is 38.1 Å². The van der Waals surface area contributed by atoms with Gasteiger partial charge in [-0.3, -0.25) is 9.78 Å². The summed E-state index contributed by atoms with van der Waals surface area (Å²) in [5, 5.41) is 0. The van der Waals surface area contributed by atoms with Gasteiger partial charge in [-0.05, 0) is 85.1 Å². The molecule has 2 aromatic heterocycles. The van der Waals surface area contributed by atoms with E-state index in [9.17, 15) is 4.79 Å². The van der Waals surface area contributed by atoms with Crippen molar-refractivity contribution in [1.82, 2.24) is 14.5 Å². The monoisotopic (exact) mass is 441 g/mol. The van der Waals surface area contributed by atoms with Crippen molar-refractivity contribution in [3.63, 3.8) is 0 Å². The zero-order valence-electron chi connectivity index (χ0n) is 16.7. The predicted molar refractivity (Wildman–Crippen MR) is 113 cm³/mol. The van der Waals surface area contributed by atoms with Crippen LogP contribution in [0.2, 0.25) is 0 Å². The van der Waals surface area contributed by atoms with Crippen LogP contribution >= 0.6 is 15.9 Å². The molecule has 3 heterocycles. The van der Waals surface area contributed by atoms with Gasteiger partial charge in [0.05, 0.1) is 5.41 Å². The molecule has 28 heavy (non-hydrogen) atoms. The van der Waals surface area contributed by atoms with E-state index in [4.69, 9.17) is 0 Å². The number of hydrogen-bond donors (Lipinski definition) is 0. The fourth-order valence-electron chi connectivity index (χ4n) is 6.30. The van der Waals surface area contributed by atoms with Crippen LogP contribution in [-0.2, 0) is 17.8 Å². The van der Waals surface area contributed by atoms with Gasteiger partial charge in [0.15, 0.2) is 0 Å². The Kier molecular flexibility index (Phi) is 4.42. The number of nitrogens with zero attached hydrogens (tertiary/aromatic N) is 3. The molecule has 0 N–H and O–H groups in total. The van der Waals surface area contributed by atoms with Crippen LogP contribution in [0.15, 0.2) is 28.9 Å². The summed E-state index contributed by atoms with van der Waals surface area (Å²) >= 11 is 3.53. The second-order valence-corrected chi connectivity index (χ2v) is 9.98. The minimum atomic E-state index is -0.148. The SMILES string of the molecule is Cc1ccc(C)n1[C@@H]1C[C@H]2CCC[C@@]2(C(=O)N2CCc3ncc(Br)cc3C2)C1. The summed E-state index contributed by atoms with van der Waals surface area (Å²) in [6.07, 6.45) is 8.36. The van der Waals surface area contributed by atoms with E-state index in [0.29, 0.717) is 24.4 Å². The molecule has 0 radical (unpaired) electrons. The molecule has 1 aliphatic heterocycles. The summed E-state index contributed by atoms with van der Waals surface area (Å²) in [5.41, 5.74) is 4.85. The molecule has 148 valence electrons. The van der Waals surface area contributed by atoms with E-state index in [0.717, 1.165) is 42.4 Å². The summed E-state index contributed by atoms with van der Waals surface area (Å²) in [7, 11) is 0. The standard InChI is InChI=1S/C23H28BrN3O/c1-15-5-6-16(2)27(15)20-11-18-4-3-8-23(18,12-20)22(28)26-9-7-21-17(14-26)10-19(24)13-25-21/h5-6,10,13,18,20H,3-4,7-9,11-12,14H2,1-2H3/t18-,20-,23-/m1/s1. The Labute approximate surface area is 175 Å². The van der Waals surface area contributed by atoms with E-state index >= 15 is 0 Å². The Morgan fingerprint density at radius 1 is 1.29 bits per heavy atom. The summed E-state index contributed by atoms with van der Waals surface area (Å²) in [6, 6.07) is 7.03. The van der Waals surface area contributed by atoms with Crippen molar-refractivity contribution < 1.29 is 4.79 Å². The van der Waals surface area contributed by atoms with Crippen LogP contribution < -0.4 is 0 Å². The van der Waals surface area contributed by atoms with Crippen molar-refractivity contribution in [3.8, 4) is 0 Å². The van der Waals surface area contributed by atoms with Crippen molar-refractivity contribution in [1.29, 1.82) is 0 Å². The second kappa shape index (κ2) is 6.72. The number of aromatic nitrogens is 2. The first-order chi connectivity index (χ1) is 13.5. The van der Waals surface area contributed by atoms with Crippen molar-refractivity contribution in [3.05, 3.63) is 51.5 Å². The highest BCUT2D eigenvalue weighted by molar-refractivity contribution is 9.10. The van der Waals surface area contributed by atoms with Gasteiger partial charge in [-0.2, -0.15) is 0 Å². The smallest absolute Gasteiger partial charge is 0.229 e. The van der Waals surface area contributed by atoms with E-state index in [2.05, 4.69) is 62.4 Å². The number of aryl methyl sites for hydroxylation is 2. The van der Waals surface area contributed by atoms with Crippen LogP contribution in [0.25, 0.3) is 0 Å². The van der Waals surface area contributed by atoms with Gasteiger partial charge in [0.2, 0.25) is 5.91 Å². The molecule has 0 spiro atoms. The maximum atomic E-state index is 13.9. The molecule has 1 amide bonds. The van der Waals surface area contributed by atoms with E-state index in [-0.39, 0.29) is 5.41 Å². The normalized spacial score (nSPS) is 29.0. The Morgan fingerprint density at radius 2 is 2.07 bits per heavy atom. The van der Waals surface area contributed by atoms with Crippen LogP contribution in [0.3, 0.4) is 0 Å². The van der Waals surface area contributed by atoms with Crippen molar-refractivity contribution in [2.75, 3.05) is 6.54 Å². The number of pyridine rings is 1. The van der Waals surface area contributed by atoms with Gasteiger partial charge >= 0.3 is 0 Å². The Balaban J connectivity index is 1.42. The number of rotatable bonds is 2. The van der Waals surface area contributed by atoms with E-state index in [1.807, 2.05) is 6.20 Å². The van der Waals surface area contributed by atoms with Crippen molar-refractivity contribution in [2.24, 2.45) is 11.3 Å². The Morgan fingerprint density at radius 3 is 2.86 bits per heavy atom. The van der Waals surface area contributed by atoms with Crippen molar-refractivity contribution >= 4 is 21.8 Å². The highest BCUT2D eigenvalue weighted by Crippen LogP contribution is 2.59. The van der Waals surface area contributed by atoms with Gasteiger partial charge in [0.25, 0.3) is 0 Å². The molecule has 2 aromatic rings. The summed E-state index contributed by atoms with van der Waals surface area (Å²) in [6.45, 7) is 5.91. The lowest BCUT2D eigenvalue weighted by Gasteiger charge is -2.37. The Hall–Kier alpha value is -1.62. The highest BCUT2D eigenvalue weighted by Gasteiger charge is 2.56. The summed E-state index contributed by atoms with van der Waals surface area (Å²) < 4.78 is 3.48. The lowest BCUT2D eigenvalue weighted by molar-refractivity contribution is -0.144. The lowest BCUT2D eigenvalue weighted by atomic mass is 9.78. The number of hydrogen-bond acceptors (Lipinski definition) is 2. The number of fused-ring (bicyclic) bond motifs is 2. The molecule has 3 atom stereocenters. The maximum Gasteiger partial charge on any atom is 0.229 e. The molecular weight excluding hydrogens is 414 g/mol. The largest absolute Gasteiger partial charge is 0.346 e. The average Bonchev–Trinajstić information content (AvgIpc) is 3.33. The minimum Gasteiger partial charge on any atom is -0.346 e. The summed E-state index contributed by atoms with van der Waals surface area (Å²) in [5.74, 6) is 0.943. The molecule has 0 bridgehead atoms. The predicted octanol–water partition coefficient (Wildman–Crippen LogP) is 4.97. The average molecular weight is 442 g/mol. The first-order valence-corrected chi connectivity index (χ1v) is 11.3. The number of halogens is 1. The molecule has 0 saturated heterocycles. The number of amides is 1. The molecule has 5 heteroatoms. The molecule has 5 rings (SSSR count). The molecule has 0 aromatic carbocycles. The van der Waals surface area contributed by atoms with Crippen LogP contribution in [-0.4, -0.2) is 26.9 Å². The highest BCUT2D eigenvalue weighted by atomic mass is 79.9. The van der Waals surface area contributed by atoms with Gasteiger partial charge in [0.1, 0.15) is 0 Å². The Bertz CT molecular complexity index is 916. The third kappa shape index (κ3) is 2.77. The lowest BCUT2D eigenvalue weighted by Crippen LogP contribution is -2.46. The molecule has 3 aliphatic rings. The molecule has 0 unspecified atom stereocenters. The van der Waals surface area contributed by atoms with Crippen LogP contribution in [0.5, 0.6) is 0 Å². The second-order valence-electron chi connectivity index (χ2n) is 9.06. The van der Waals surface area contributed by atoms with Crippen LogP contribution in [0.1, 0.15) is 60.8 Å². The zero-order chi connectivity index (χ0) is 19.5. The van der Waals surface area contributed by atoms with Crippen molar-refractivity contribution in [2.45, 2.75) is 65.0 Å². The minimum absolute atomic E-state index is 0.148. The third-order valence-corrected chi connectivity index (χ3v) is 7.96. The third-order valence-electron chi connectivity index (χ3n) is 7.52. The molecule has 2 saturated carbocycles. The molecule has 2 aliphatic carbocycles. The van der Waals surface area contributed by atoms with Gasteiger partial charge in [-0.25, -0.2) is 0 Å². The number of carbonyl (C=O) groups excluding carboxylic acids is 1. The van der Waals surface area contributed by atoms with Gasteiger partial charge < -0.3 is 9.47 Å². The number of carbonyl (C=O) groups is 1. The molecular formula is C23H28BrN3O. The van der Waals surface area contributed by atoms with Gasteiger partial charge in [-0.15, -0.1) is 0 Å². The van der Waals surface area contributed by atoms with Gasteiger partial charge in [-0.1, -0.05) is 6.42 Å². The van der Waals surface area contributed by atoms with E-state index < -0.39 is 0 Å². The first kappa shape index (κ1) is 18.4. The zero-order valence-corrected chi connectivity index (χ0v) is 18.3. The molecule has 4 nitrogen and oxygen atoms in total. The molecule has 2 fully saturated rings. The van der Waals surface area contributed by atoms with E-state index in [1.54, 1.807) is 0 Å². The fourth-order valence-corrected chi connectivity index (χ4v) is 6.67. The first-order valence-electron chi connectivity index (χ1n) is 10.5. The van der Waals surface area contributed by atoms with Crippen LogP contribution in [0.4, 0.5) is 0 Å². The fraction of sp³-hybridized carbons (Fsp3) is 0.565. The van der Waals surface area contributed by atoms with E-state index in [1.165, 1.54) is 29.8 Å². The van der Waals surface area contributed by atoms with Gasteiger partial charge in [0, 0.05) is 53.3 Å². The van der Waals surface area contributed by atoms with Crippen LogP contribution in [0, 0.1) is 25.2 Å².